The van der Waals surface area contributed by atoms with Gasteiger partial charge in [-0.05, 0) is 18.3 Å². The molecule has 76 valence electrons. The summed E-state index contributed by atoms with van der Waals surface area (Å²) in [5, 5.41) is 11.7. The van der Waals surface area contributed by atoms with Gasteiger partial charge in [-0.1, -0.05) is 26.7 Å². The first-order valence-corrected chi connectivity index (χ1v) is 4.97. The van der Waals surface area contributed by atoms with Crippen LogP contribution in [0.3, 0.4) is 0 Å². The maximum atomic E-state index is 10.4. The summed E-state index contributed by atoms with van der Waals surface area (Å²) in [6.07, 6.45) is 4.81. The zero-order valence-electron chi connectivity index (χ0n) is 8.47. The second-order valence-electron chi connectivity index (χ2n) is 4.56. The van der Waals surface area contributed by atoms with Crippen LogP contribution in [0, 0.1) is 5.41 Å². The van der Waals surface area contributed by atoms with Gasteiger partial charge in [0.1, 0.15) is 0 Å². The van der Waals surface area contributed by atoms with E-state index >= 15 is 0 Å². The molecule has 0 radical (unpaired) electrons. The highest BCUT2D eigenvalue weighted by Crippen LogP contribution is 2.35. The van der Waals surface area contributed by atoms with Crippen LogP contribution in [0.4, 0.5) is 0 Å². The maximum absolute atomic E-state index is 10.4. The lowest BCUT2D eigenvalue weighted by atomic mass is 9.73. The summed E-state index contributed by atoms with van der Waals surface area (Å²) in [7, 11) is 0. The largest absolute Gasteiger partial charge is 0.480 e. The first-order valence-electron chi connectivity index (χ1n) is 4.97. The number of hydrogen-bond donors (Lipinski definition) is 2. The monoisotopic (exact) mass is 185 g/mol. The third-order valence-corrected chi connectivity index (χ3v) is 3.01. The predicted molar refractivity (Wildman–Crippen MR) is 51.7 cm³/mol. The molecule has 2 N–H and O–H groups in total. The highest BCUT2D eigenvalue weighted by Gasteiger charge is 2.31. The Balaban J connectivity index is 2.41. The van der Waals surface area contributed by atoms with Gasteiger partial charge in [0.15, 0.2) is 0 Å². The van der Waals surface area contributed by atoms with E-state index in [4.69, 9.17) is 5.11 Å². The summed E-state index contributed by atoms with van der Waals surface area (Å²) in [5.41, 5.74) is 0.258. The van der Waals surface area contributed by atoms with E-state index in [1.54, 1.807) is 0 Å². The Bertz CT molecular complexity index is 189. The van der Waals surface area contributed by atoms with Crippen LogP contribution in [0.25, 0.3) is 0 Å². The lowest BCUT2D eigenvalue weighted by Crippen LogP contribution is -2.45. The molecule has 1 unspecified atom stereocenters. The zero-order valence-corrected chi connectivity index (χ0v) is 8.47. The van der Waals surface area contributed by atoms with E-state index < -0.39 is 5.97 Å². The van der Waals surface area contributed by atoms with Gasteiger partial charge in [-0.3, -0.25) is 4.79 Å². The van der Waals surface area contributed by atoms with E-state index in [-0.39, 0.29) is 12.0 Å². The number of hydrogen-bond acceptors (Lipinski definition) is 2. The van der Waals surface area contributed by atoms with Gasteiger partial charge in [-0.15, -0.1) is 0 Å². The van der Waals surface area contributed by atoms with E-state index in [0.717, 1.165) is 6.42 Å². The molecule has 0 aromatic heterocycles. The summed E-state index contributed by atoms with van der Waals surface area (Å²) < 4.78 is 0. The number of aliphatic carboxylic acids is 1. The normalized spacial score (nSPS) is 27.1. The lowest BCUT2D eigenvalue weighted by Gasteiger charge is -2.38. The molecular formula is C10H19NO2. The van der Waals surface area contributed by atoms with Crippen molar-refractivity contribution in [2.45, 2.75) is 45.6 Å². The second kappa shape index (κ2) is 4.09. The van der Waals surface area contributed by atoms with Gasteiger partial charge in [-0.2, -0.15) is 0 Å². The summed E-state index contributed by atoms with van der Waals surface area (Å²) in [5.74, 6) is -0.763. The van der Waals surface area contributed by atoms with Crippen LogP contribution >= 0.6 is 0 Å². The van der Waals surface area contributed by atoms with Crippen molar-refractivity contribution in [1.82, 2.24) is 5.32 Å². The highest BCUT2D eigenvalue weighted by molar-refractivity contribution is 5.69. The Labute approximate surface area is 79.5 Å². The van der Waals surface area contributed by atoms with Crippen molar-refractivity contribution in [2.75, 3.05) is 6.54 Å². The van der Waals surface area contributed by atoms with E-state index in [0.29, 0.717) is 6.04 Å². The quantitative estimate of drug-likeness (QED) is 0.702. The Morgan fingerprint density at radius 3 is 2.77 bits per heavy atom. The first-order chi connectivity index (χ1) is 6.02. The van der Waals surface area contributed by atoms with Crippen LogP contribution in [0.5, 0.6) is 0 Å². The van der Waals surface area contributed by atoms with Crippen LogP contribution in [0.15, 0.2) is 0 Å². The molecule has 0 amide bonds. The topological polar surface area (TPSA) is 49.3 Å². The molecule has 1 aliphatic rings. The van der Waals surface area contributed by atoms with Crippen LogP contribution in [-0.2, 0) is 4.79 Å². The van der Waals surface area contributed by atoms with Gasteiger partial charge in [0.2, 0.25) is 0 Å². The van der Waals surface area contributed by atoms with Gasteiger partial charge < -0.3 is 10.4 Å². The number of carboxylic acid groups (broad SMARTS) is 1. The van der Waals surface area contributed by atoms with Crippen LogP contribution in [-0.4, -0.2) is 23.7 Å². The third-order valence-electron chi connectivity index (χ3n) is 3.01. The van der Waals surface area contributed by atoms with E-state index in [9.17, 15) is 4.79 Å². The first kappa shape index (κ1) is 10.5. The standard InChI is InChI=1S/C10H19NO2/c1-10(2)6-4-3-5-8(10)11-7-9(12)13/h8,11H,3-7H2,1-2H3,(H,12,13). The SMILES string of the molecule is CC1(C)CCCCC1NCC(=O)O. The molecule has 0 spiro atoms. The molecule has 13 heavy (non-hydrogen) atoms. The van der Waals surface area contributed by atoms with Crippen LogP contribution in [0.2, 0.25) is 0 Å². The number of carbonyl (C=O) groups is 1. The van der Waals surface area contributed by atoms with E-state index in [1.807, 2.05) is 0 Å². The molecule has 0 aromatic carbocycles. The van der Waals surface area contributed by atoms with Gasteiger partial charge in [0, 0.05) is 6.04 Å². The molecule has 1 atom stereocenters. The number of carboxylic acids is 1. The smallest absolute Gasteiger partial charge is 0.317 e. The molecule has 1 rings (SSSR count). The summed E-state index contributed by atoms with van der Waals surface area (Å²) in [4.78, 5) is 10.4. The fourth-order valence-corrected chi connectivity index (χ4v) is 2.08. The van der Waals surface area contributed by atoms with E-state index in [1.165, 1.54) is 19.3 Å². The fourth-order valence-electron chi connectivity index (χ4n) is 2.08. The lowest BCUT2D eigenvalue weighted by molar-refractivity contribution is -0.136. The van der Waals surface area contributed by atoms with Crippen LogP contribution in [0.1, 0.15) is 39.5 Å². The molecule has 0 aliphatic heterocycles. The number of nitrogens with one attached hydrogen (secondary N) is 1. The molecular weight excluding hydrogens is 166 g/mol. The predicted octanol–water partition coefficient (Wildman–Crippen LogP) is 1.63. The second-order valence-corrected chi connectivity index (χ2v) is 4.56. The molecule has 3 heteroatoms. The molecule has 0 heterocycles. The molecule has 3 nitrogen and oxygen atoms in total. The van der Waals surface area contributed by atoms with Crippen molar-refractivity contribution < 1.29 is 9.90 Å². The summed E-state index contributed by atoms with van der Waals surface area (Å²) >= 11 is 0. The van der Waals surface area contributed by atoms with Crippen molar-refractivity contribution in [3.05, 3.63) is 0 Å². The van der Waals surface area contributed by atoms with Gasteiger partial charge >= 0.3 is 5.97 Å². The average Bonchev–Trinajstić information content (AvgIpc) is 2.01. The number of rotatable bonds is 3. The molecule has 1 fully saturated rings. The van der Waals surface area contributed by atoms with Crippen molar-refractivity contribution in [1.29, 1.82) is 0 Å². The third kappa shape index (κ3) is 2.99. The van der Waals surface area contributed by atoms with Crippen molar-refractivity contribution in [3.63, 3.8) is 0 Å². The zero-order chi connectivity index (χ0) is 9.90. The Hall–Kier alpha value is -0.570. The molecule has 0 bridgehead atoms. The molecule has 0 aromatic rings. The Morgan fingerprint density at radius 1 is 1.54 bits per heavy atom. The minimum Gasteiger partial charge on any atom is -0.480 e. The minimum atomic E-state index is -0.763. The molecule has 1 saturated carbocycles. The summed E-state index contributed by atoms with van der Waals surface area (Å²) in [6.45, 7) is 4.52. The van der Waals surface area contributed by atoms with Gasteiger partial charge in [-0.25, -0.2) is 0 Å². The Kier molecular flexibility index (Phi) is 3.31. The highest BCUT2D eigenvalue weighted by atomic mass is 16.4. The van der Waals surface area contributed by atoms with Gasteiger partial charge in [0.05, 0.1) is 6.54 Å². The molecule has 0 saturated heterocycles. The van der Waals surface area contributed by atoms with Crippen LogP contribution < -0.4 is 5.32 Å². The van der Waals surface area contributed by atoms with Crippen molar-refractivity contribution >= 4 is 5.97 Å². The maximum Gasteiger partial charge on any atom is 0.317 e. The van der Waals surface area contributed by atoms with Gasteiger partial charge in [0.25, 0.3) is 0 Å². The fraction of sp³-hybridized carbons (Fsp3) is 0.900. The minimum absolute atomic E-state index is 0.0914. The average molecular weight is 185 g/mol. The van der Waals surface area contributed by atoms with Crippen molar-refractivity contribution in [3.8, 4) is 0 Å². The molecule has 1 aliphatic carbocycles. The van der Waals surface area contributed by atoms with E-state index in [2.05, 4.69) is 19.2 Å². The summed E-state index contributed by atoms with van der Waals surface area (Å²) in [6, 6.07) is 0.373. The van der Waals surface area contributed by atoms with Crippen molar-refractivity contribution in [2.24, 2.45) is 5.41 Å². The Morgan fingerprint density at radius 2 is 2.23 bits per heavy atom.